The Kier molecular flexibility index (Phi) is 4.70. The minimum Gasteiger partial charge on any atom is -0.324 e. The number of anilines is 1. The molecule has 0 atom stereocenters. The molecule has 0 aliphatic rings. The third-order valence-corrected chi connectivity index (χ3v) is 2.96. The number of hydrogen-bond acceptors (Lipinski definition) is 4. The van der Waals surface area contributed by atoms with Crippen molar-refractivity contribution in [3.8, 4) is 0 Å². The van der Waals surface area contributed by atoms with E-state index in [-0.39, 0.29) is 12.5 Å². The van der Waals surface area contributed by atoms with Crippen LogP contribution in [0, 0.1) is 6.92 Å². The number of benzene rings is 1. The van der Waals surface area contributed by atoms with E-state index in [4.69, 9.17) is 11.6 Å². The molecule has 7 heteroatoms. The highest BCUT2D eigenvalue weighted by atomic mass is 35.5. The Bertz CT molecular complexity index is 611. The summed E-state index contributed by atoms with van der Waals surface area (Å²) in [6, 6.07) is 5.37. The number of nitrogens with one attached hydrogen (secondary N) is 2. The number of aryl methyl sites for hydroxylation is 1. The first-order valence-electron chi connectivity index (χ1n) is 6.18. The molecule has 0 unspecified atom stereocenters. The lowest BCUT2D eigenvalue weighted by Crippen LogP contribution is -2.19. The van der Waals surface area contributed by atoms with E-state index in [1.807, 2.05) is 20.0 Å². The van der Waals surface area contributed by atoms with Crippen LogP contribution in [0.15, 0.2) is 24.4 Å². The first kappa shape index (κ1) is 14.5. The fourth-order valence-corrected chi connectivity index (χ4v) is 1.92. The van der Waals surface area contributed by atoms with Crippen molar-refractivity contribution in [1.82, 2.24) is 20.3 Å². The molecule has 6 nitrogen and oxygen atoms in total. The van der Waals surface area contributed by atoms with Gasteiger partial charge in [-0.3, -0.25) is 4.79 Å². The Morgan fingerprint density at radius 2 is 2.25 bits per heavy atom. The zero-order valence-electron chi connectivity index (χ0n) is 11.4. The van der Waals surface area contributed by atoms with Gasteiger partial charge in [-0.2, -0.15) is 0 Å². The lowest BCUT2D eigenvalue weighted by Gasteiger charge is -2.08. The molecule has 1 aromatic carbocycles. The van der Waals surface area contributed by atoms with Crippen LogP contribution in [0.4, 0.5) is 5.69 Å². The lowest BCUT2D eigenvalue weighted by atomic mass is 10.2. The fraction of sp³-hybridized carbons (Fsp3) is 0.308. The Labute approximate surface area is 122 Å². The molecule has 0 aliphatic heterocycles. The summed E-state index contributed by atoms with van der Waals surface area (Å²) in [5.41, 5.74) is 2.45. The van der Waals surface area contributed by atoms with Crippen LogP contribution in [-0.4, -0.2) is 27.9 Å². The number of carbonyl (C=O) groups is 1. The summed E-state index contributed by atoms with van der Waals surface area (Å²) in [6.07, 6.45) is 1.74. The van der Waals surface area contributed by atoms with Gasteiger partial charge in [-0.1, -0.05) is 22.9 Å². The Morgan fingerprint density at radius 1 is 1.45 bits per heavy atom. The molecule has 1 aromatic heterocycles. The number of halogens is 1. The molecular formula is C13H16ClN5O. The molecular weight excluding hydrogens is 278 g/mol. The topological polar surface area (TPSA) is 71.8 Å². The van der Waals surface area contributed by atoms with Crippen LogP contribution in [0.1, 0.15) is 11.3 Å². The summed E-state index contributed by atoms with van der Waals surface area (Å²) >= 11 is 5.91. The van der Waals surface area contributed by atoms with Gasteiger partial charge in [0.25, 0.3) is 0 Å². The molecule has 1 amide bonds. The highest BCUT2D eigenvalue weighted by Crippen LogP contribution is 2.20. The van der Waals surface area contributed by atoms with E-state index in [1.54, 1.807) is 18.3 Å². The molecule has 0 saturated heterocycles. The zero-order chi connectivity index (χ0) is 14.5. The summed E-state index contributed by atoms with van der Waals surface area (Å²) in [6.45, 7) is 2.64. The van der Waals surface area contributed by atoms with Gasteiger partial charge in [0.2, 0.25) is 5.91 Å². The van der Waals surface area contributed by atoms with E-state index in [1.165, 1.54) is 4.68 Å². The molecule has 0 fully saturated rings. The van der Waals surface area contributed by atoms with Gasteiger partial charge >= 0.3 is 0 Å². The van der Waals surface area contributed by atoms with Gasteiger partial charge in [-0.25, -0.2) is 4.68 Å². The van der Waals surface area contributed by atoms with E-state index in [2.05, 4.69) is 20.9 Å². The van der Waals surface area contributed by atoms with Crippen molar-refractivity contribution >= 4 is 23.2 Å². The van der Waals surface area contributed by atoms with Crippen molar-refractivity contribution in [2.24, 2.45) is 0 Å². The minimum absolute atomic E-state index is 0.114. The average Bonchev–Trinajstić information content (AvgIpc) is 2.81. The maximum Gasteiger partial charge on any atom is 0.246 e. The minimum atomic E-state index is -0.170. The van der Waals surface area contributed by atoms with Crippen LogP contribution in [0.25, 0.3) is 0 Å². The van der Waals surface area contributed by atoms with Crippen molar-refractivity contribution in [3.05, 3.63) is 40.7 Å². The van der Waals surface area contributed by atoms with E-state index >= 15 is 0 Å². The third-order valence-electron chi connectivity index (χ3n) is 2.72. The second kappa shape index (κ2) is 6.49. The number of hydrogen-bond donors (Lipinski definition) is 2. The maximum atomic E-state index is 12.0. The Morgan fingerprint density at radius 3 is 3.00 bits per heavy atom. The van der Waals surface area contributed by atoms with E-state index in [0.29, 0.717) is 17.3 Å². The van der Waals surface area contributed by atoms with Crippen molar-refractivity contribution in [2.45, 2.75) is 20.0 Å². The molecule has 20 heavy (non-hydrogen) atoms. The monoisotopic (exact) mass is 293 g/mol. The van der Waals surface area contributed by atoms with Gasteiger partial charge < -0.3 is 10.6 Å². The number of carbonyl (C=O) groups excluding carboxylic acids is 1. The summed E-state index contributed by atoms with van der Waals surface area (Å²) in [7, 11) is 1.83. The summed E-state index contributed by atoms with van der Waals surface area (Å²) < 4.78 is 1.50. The molecule has 0 radical (unpaired) electrons. The molecule has 0 saturated carbocycles. The SMILES string of the molecule is CNCc1cn(CC(=O)Nc2cc(Cl)ccc2C)nn1. The molecule has 0 aliphatic carbocycles. The second-order valence-electron chi connectivity index (χ2n) is 4.45. The number of aromatic nitrogens is 3. The van der Waals surface area contributed by atoms with Gasteiger partial charge in [0, 0.05) is 17.3 Å². The molecule has 2 rings (SSSR count). The standard InChI is InChI=1S/C13H16ClN5O/c1-9-3-4-10(14)5-12(9)16-13(20)8-19-7-11(6-15-2)17-18-19/h3-5,7,15H,6,8H2,1-2H3,(H,16,20). The van der Waals surface area contributed by atoms with Crippen molar-refractivity contribution < 1.29 is 4.79 Å². The molecule has 1 heterocycles. The maximum absolute atomic E-state index is 12.0. The van der Waals surface area contributed by atoms with E-state index in [9.17, 15) is 4.79 Å². The normalized spacial score (nSPS) is 10.6. The van der Waals surface area contributed by atoms with Crippen LogP contribution in [-0.2, 0) is 17.9 Å². The lowest BCUT2D eigenvalue weighted by molar-refractivity contribution is -0.116. The Balaban J connectivity index is 1.99. The first-order valence-corrected chi connectivity index (χ1v) is 6.56. The van der Waals surface area contributed by atoms with Gasteiger partial charge in [-0.15, -0.1) is 5.10 Å². The predicted molar refractivity (Wildman–Crippen MR) is 77.6 cm³/mol. The molecule has 0 spiro atoms. The van der Waals surface area contributed by atoms with Gasteiger partial charge in [0.1, 0.15) is 6.54 Å². The third kappa shape index (κ3) is 3.79. The molecule has 2 N–H and O–H groups in total. The summed E-state index contributed by atoms with van der Waals surface area (Å²) in [4.78, 5) is 12.0. The van der Waals surface area contributed by atoms with E-state index < -0.39 is 0 Å². The number of rotatable bonds is 5. The van der Waals surface area contributed by atoms with Crippen LogP contribution in [0.3, 0.4) is 0 Å². The smallest absolute Gasteiger partial charge is 0.246 e. The van der Waals surface area contributed by atoms with E-state index in [0.717, 1.165) is 11.3 Å². The quantitative estimate of drug-likeness (QED) is 0.878. The average molecular weight is 294 g/mol. The highest BCUT2D eigenvalue weighted by Gasteiger charge is 2.08. The van der Waals surface area contributed by atoms with Crippen LogP contribution in [0.5, 0.6) is 0 Å². The van der Waals surface area contributed by atoms with Crippen LogP contribution in [0.2, 0.25) is 5.02 Å². The van der Waals surface area contributed by atoms with Gasteiger partial charge in [-0.05, 0) is 31.7 Å². The first-order chi connectivity index (χ1) is 9.58. The predicted octanol–water partition coefficient (Wildman–Crippen LogP) is 1.60. The largest absolute Gasteiger partial charge is 0.324 e. The molecule has 106 valence electrons. The van der Waals surface area contributed by atoms with Crippen molar-refractivity contribution in [1.29, 1.82) is 0 Å². The zero-order valence-corrected chi connectivity index (χ0v) is 12.1. The number of nitrogens with zero attached hydrogens (tertiary/aromatic N) is 3. The van der Waals surface area contributed by atoms with Crippen molar-refractivity contribution in [2.75, 3.05) is 12.4 Å². The van der Waals surface area contributed by atoms with Gasteiger partial charge in [0.15, 0.2) is 0 Å². The summed E-state index contributed by atoms with van der Waals surface area (Å²) in [5, 5.41) is 14.2. The van der Waals surface area contributed by atoms with Crippen LogP contribution < -0.4 is 10.6 Å². The van der Waals surface area contributed by atoms with Gasteiger partial charge in [0.05, 0.1) is 11.9 Å². The number of amides is 1. The Hall–Kier alpha value is -1.92. The fourth-order valence-electron chi connectivity index (χ4n) is 1.74. The highest BCUT2D eigenvalue weighted by molar-refractivity contribution is 6.31. The summed E-state index contributed by atoms with van der Waals surface area (Å²) in [5.74, 6) is -0.170. The molecule has 2 aromatic rings. The van der Waals surface area contributed by atoms with Crippen LogP contribution >= 0.6 is 11.6 Å². The molecule has 0 bridgehead atoms. The van der Waals surface area contributed by atoms with Crippen molar-refractivity contribution in [3.63, 3.8) is 0 Å². The second-order valence-corrected chi connectivity index (χ2v) is 4.88.